The molecule has 1 N–H and O–H groups in total. The number of carbonyl (C=O) groups excluding carboxylic acids is 1. The van der Waals surface area contributed by atoms with Gasteiger partial charge in [0.1, 0.15) is 6.17 Å². The minimum absolute atomic E-state index is 0.0425. The van der Waals surface area contributed by atoms with Gasteiger partial charge in [-0.3, -0.25) is 9.78 Å². The van der Waals surface area contributed by atoms with Gasteiger partial charge in [-0.25, -0.2) is 0 Å². The fourth-order valence-electron chi connectivity index (χ4n) is 2.87. The monoisotopic (exact) mass is 389 g/mol. The van der Waals surface area contributed by atoms with Crippen LogP contribution in [0, 0.1) is 0 Å². The second kappa shape index (κ2) is 6.67. The molecule has 1 unspecified atom stereocenters. The molecule has 1 aromatic carbocycles. The molecule has 3 aromatic rings. The summed E-state index contributed by atoms with van der Waals surface area (Å²) in [5.74, 6) is -0.0425. The van der Waals surface area contributed by atoms with Crippen molar-refractivity contribution < 1.29 is 4.79 Å². The molecule has 0 fully saturated rings. The highest BCUT2D eigenvalue weighted by molar-refractivity contribution is 7.09. The molecule has 2 aromatic heterocycles. The minimum atomic E-state index is -0.385. The van der Waals surface area contributed by atoms with Crippen molar-refractivity contribution in [3.8, 4) is 0 Å². The van der Waals surface area contributed by atoms with Crippen LogP contribution in [0.25, 0.3) is 0 Å². The van der Waals surface area contributed by atoms with Crippen molar-refractivity contribution in [1.29, 1.82) is 0 Å². The van der Waals surface area contributed by atoms with E-state index in [0.29, 0.717) is 33.5 Å². The Bertz CT molecular complexity index is 930. The Morgan fingerprint density at radius 1 is 1.20 bits per heavy atom. The number of fused-ring (bicyclic) bond motifs is 1. The van der Waals surface area contributed by atoms with E-state index < -0.39 is 0 Å². The zero-order chi connectivity index (χ0) is 17.4. The maximum absolute atomic E-state index is 12.9. The number of rotatable bonds is 4. The van der Waals surface area contributed by atoms with Crippen molar-refractivity contribution in [2.75, 3.05) is 5.32 Å². The Labute approximate surface area is 159 Å². The number of hydrogen-bond donors (Lipinski definition) is 1. The maximum atomic E-state index is 12.9. The van der Waals surface area contributed by atoms with Gasteiger partial charge in [0, 0.05) is 16.1 Å². The number of hydrogen-bond acceptors (Lipinski definition) is 4. The Hall–Kier alpha value is -2.08. The Morgan fingerprint density at radius 3 is 2.84 bits per heavy atom. The number of pyridine rings is 1. The molecule has 0 bridgehead atoms. The van der Waals surface area contributed by atoms with E-state index >= 15 is 0 Å². The number of benzene rings is 1. The number of amides is 1. The van der Waals surface area contributed by atoms with Gasteiger partial charge in [-0.2, -0.15) is 0 Å². The van der Waals surface area contributed by atoms with Crippen molar-refractivity contribution in [3.05, 3.63) is 80.2 Å². The smallest absolute Gasteiger partial charge is 0.258 e. The first-order valence-electron chi connectivity index (χ1n) is 7.63. The molecule has 4 rings (SSSR count). The van der Waals surface area contributed by atoms with Crippen LogP contribution in [0.1, 0.15) is 27.1 Å². The third kappa shape index (κ3) is 3.11. The van der Waals surface area contributed by atoms with Crippen LogP contribution in [0.5, 0.6) is 0 Å². The van der Waals surface area contributed by atoms with Crippen LogP contribution >= 0.6 is 34.5 Å². The van der Waals surface area contributed by atoms with Gasteiger partial charge in [0.25, 0.3) is 5.91 Å². The summed E-state index contributed by atoms with van der Waals surface area (Å²) in [4.78, 5) is 20.2. The van der Waals surface area contributed by atoms with Crippen LogP contribution in [0.4, 0.5) is 5.69 Å². The van der Waals surface area contributed by atoms with Crippen molar-refractivity contribution in [3.63, 3.8) is 0 Å². The molecule has 7 heteroatoms. The summed E-state index contributed by atoms with van der Waals surface area (Å²) in [6, 6.07) is 12.8. The predicted molar refractivity (Wildman–Crippen MR) is 101 cm³/mol. The lowest BCUT2D eigenvalue weighted by Crippen LogP contribution is -2.31. The summed E-state index contributed by atoms with van der Waals surface area (Å²) in [6.07, 6.45) is 1.31. The molecule has 1 aliphatic heterocycles. The van der Waals surface area contributed by atoms with Crippen LogP contribution < -0.4 is 5.32 Å². The largest absolute Gasteiger partial charge is 0.359 e. The number of anilines is 1. The van der Waals surface area contributed by atoms with Gasteiger partial charge in [-0.15, -0.1) is 11.3 Å². The lowest BCUT2D eigenvalue weighted by molar-refractivity contribution is 0.0729. The van der Waals surface area contributed by atoms with Crippen molar-refractivity contribution in [2.24, 2.45) is 0 Å². The molecular formula is C18H13Cl2N3OS. The van der Waals surface area contributed by atoms with Crippen LogP contribution in [-0.2, 0) is 6.54 Å². The SMILES string of the molecule is O=C1c2cccnc2C(Nc2ccc(Cl)cc2Cl)N1Cc1cccs1. The van der Waals surface area contributed by atoms with Crippen LogP contribution in [0.2, 0.25) is 10.0 Å². The van der Waals surface area contributed by atoms with Crippen molar-refractivity contribution in [2.45, 2.75) is 12.7 Å². The molecule has 0 radical (unpaired) electrons. The predicted octanol–water partition coefficient (Wildman–Crippen LogP) is 5.22. The van der Waals surface area contributed by atoms with E-state index in [0.717, 1.165) is 4.88 Å². The van der Waals surface area contributed by atoms with Gasteiger partial charge in [0.2, 0.25) is 0 Å². The lowest BCUT2D eigenvalue weighted by atomic mass is 10.2. The van der Waals surface area contributed by atoms with Crippen LogP contribution in [0.3, 0.4) is 0 Å². The summed E-state index contributed by atoms with van der Waals surface area (Å²) in [5, 5.41) is 6.40. The average Bonchev–Trinajstić information content (AvgIpc) is 3.20. The Balaban J connectivity index is 1.71. The quantitative estimate of drug-likeness (QED) is 0.665. The molecule has 1 amide bonds. The van der Waals surface area contributed by atoms with Crippen LogP contribution in [0.15, 0.2) is 54.0 Å². The van der Waals surface area contributed by atoms with Crippen LogP contribution in [-0.4, -0.2) is 15.8 Å². The number of aromatic nitrogens is 1. The summed E-state index contributed by atoms with van der Waals surface area (Å²) in [7, 11) is 0. The first-order valence-corrected chi connectivity index (χ1v) is 9.27. The summed E-state index contributed by atoms with van der Waals surface area (Å²) in [6.45, 7) is 0.510. The third-order valence-electron chi connectivity index (χ3n) is 4.03. The number of halogens is 2. The van der Waals surface area contributed by atoms with E-state index in [9.17, 15) is 4.79 Å². The molecule has 1 aliphatic rings. The van der Waals surface area contributed by atoms with E-state index in [1.165, 1.54) is 0 Å². The standard InChI is InChI=1S/C18H13Cl2N3OS/c19-11-5-6-15(14(20)9-11)22-17-16-13(4-1-7-21-16)18(24)23(17)10-12-3-2-8-25-12/h1-9,17,22H,10H2. The number of carbonyl (C=O) groups is 1. The molecule has 1 atom stereocenters. The van der Waals surface area contributed by atoms with E-state index in [2.05, 4.69) is 10.3 Å². The van der Waals surface area contributed by atoms with E-state index in [1.54, 1.807) is 52.8 Å². The fourth-order valence-corrected chi connectivity index (χ4v) is 4.04. The van der Waals surface area contributed by atoms with Gasteiger partial charge in [-0.1, -0.05) is 29.3 Å². The molecule has 4 nitrogen and oxygen atoms in total. The molecule has 0 saturated heterocycles. The van der Waals surface area contributed by atoms with Gasteiger partial charge in [0.05, 0.1) is 28.5 Å². The Kier molecular flexibility index (Phi) is 4.37. The molecule has 3 heterocycles. The first kappa shape index (κ1) is 16.4. The second-order valence-corrected chi connectivity index (χ2v) is 7.50. The molecule has 126 valence electrons. The first-order chi connectivity index (χ1) is 12.1. The molecule has 25 heavy (non-hydrogen) atoms. The van der Waals surface area contributed by atoms with E-state index in [4.69, 9.17) is 23.2 Å². The van der Waals surface area contributed by atoms with Gasteiger partial charge < -0.3 is 10.2 Å². The Morgan fingerprint density at radius 2 is 2.08 bits per heavy atom. The molecule has 0 spiro atoms. The van der Waals surface area contributed by atoms with Crippen molar-refractivity contribution >= 4 is 46.1 Å². The topological polar surface area (TPSA) is 45.2 Å². The molecule has 0 aliphatic carbocycles. The highest BCUT2D eigenvalue weighted by Gasteiger charge is 2.38. The third-order valence-corrected chi connectivity index (χ3v) is 5.44. The van der Waals surface area contributed by atoms with Crippen molar-refractivity contribution in [1.82, 2.24) is 9.88 Å². The highest BCUT2D eigenvalue weighted by Crippen LogP contribution is 2.36. The fraction of sp³-hybridized carbons (Fsp3) is 0.111. The van der Waals surface area contributed by atoms with Gasteiger partial charge in [0.15, 0.2) is 0 Å². The zero-order valence-corrected chi connectivity index (χ0v) is 15.3. The average molecular weight is 390 g/mol. The van der Waals surface area contributed by atoms with Gasteiger partial charge in [-0.05, 0) is 41.8 Å². The minimum Gasteiger partial charge on any atom is -0.359 e. The summed E-state index contributed by atoms with van der Waals surface area (Å²) in [5.41, 5.74) is 2.02. The molecular weight excluding hydrogens is 377 g/mol. The van der Waals surface area contributed by atoms with E-state index in [1.807, 2.05) is 17.5 Å². The van der Waals surface area contributed by atoms with E-state index in [-0.39, 0.29) is 12.1 Å². The number of thiophene rings is 1. The number of nitrogens with one attached hydrogen (secondary N) is 1. The summed E-state index contributed by atoms with van der Waals surface area (Å²) >= 11 is 13.9. The highest BCUT2D eigenvalue weighted by atomic mass is 35.5. The summed E-state index contributed by atoms with van der Waals surface area (Å²) < 4.78 is 0. The lowest BCUT2D eigenvalue weighted by Gasteiger charge is -2.26. The normalized spacial score (nSPS) is 16.2. The number of nitrogens with zero attached hydrogens (tertiary/aromatic N) is 2. The zero-order valence-electron chi connectivity index (χ0n) is 12.9. The van der Waals surface area contributed by atoms with Gasteiger partial charge >= 0.3 is 0 Å². The molecule has 0 saturated carbocycles. The maximum Gasteiger partial charge on any atom is 0.258 e. The second-order valence-electron chi connectivity index (χ2n) is 5.62.